The number of pyridine rings is 1. The van der Waals surface area contributed by atoms with Crippen molar-refractivity contribution < 1.29 is 14.4 Å². The van der Waals surface area contributed by atoms with Crippen LogP contribution in [0.2, 0.25) is 5.15 Å². The number of rotatable bonds is 6. The molecule has 7 heteroatoms. The van der Waals surface area contributed by atoms with Gasteiger partial charge in [0.25, 0.3) is 5.91 Å². The monoisotopic (exact) mass is 442 g/mol. The summed E-state index contributed by atoms with van der Waals surface area (Å²) in [6.45, 7) is 6.23. The maximum absolute atomic E-state index is 12.8. The highest BCUT2D eigenvalue weighted by Gasteiger charge is 2.39. The van der Waals surface area contributed by atoms with Crippen molar-refractivity contribution in [3.05, 3.63) is 62.1 Å². The third-order valence-corrected chi connectivity index (χ3v) is 7.32. The van der Waals surface area contributed by atoms with E-state index in [9.17, 15) is 14.4 Å². The zero-order valence-corrected chi connectivity index (χ0v) is 18.4. The van der Waals surface area contributed by atoms with Crippen LogP contribution in [-0.2, 0) is 29.0 Å². The number of aromatic nitrogens is 1. The average Bonchev–Trinajstić information content (AvgIpc) is 3.23. The molecule has 156 valence electrons. The quantitative estimate of drug-likeness (QED) is 0.488. The highest BCUT2D eigenvalue weighted by Crippen LogP contribution is 2.36. The van der Waals surface area contributed by atoms with E-state index in [2.05, 4.69) is 11.6 Å². The molecular weight excluding hydrogens is 420 g/mol. The number of allylic oxidation sites excluding steroid dienone is 1. The summed E-state index contributed by atoms with van der Waals surface area (Å²) < 4.78 is 0. The number of hydrogen-bond donors (Lipinski definition) is 0. The second-order valence-corrected chi connectivity index (χ2v) is 9.38. The van der Waals surface area contributed by atoms with Crippen molar-refractivity contribution in [2.75, 3.05) is 0 Å². The van der Waals surface area contributed by atoms with E-state index in [-0.39, 0.29) is 29.9 Å². The first kappa shape index (κ1) is 20.9. The minimum absolute atomic E-state index is 0.0665. The SMILES string of the molecule is C=C1CCC(N2Cc3c(csc3CCC(=O)Cc3ccc(C)c(Cl)n3)C2=O)C(=O)C1. The molecule has 30 heavy (non-hydrogen) atoms. The third-order valence-electron chi connectivity index (χ3n) is 5.85. The Balaban J connectivity index is 1.39. The van der Waals surface area contributed by atoms with Crippen molar-refractivity contribution in [2.24, 2.45) is 0 Å². The highest BCUT2D eigenvalue weighted by atomic mass is 35.5. The van der Waals surface area contributed by atoms with Crippen molar-refractivity contribution in [2.45, 2.75) is 58.0 Å². The molecule has 4 rings (SSSR count). The Labute approximate surface area is 184 Å². The van der Waals surface area contributed by atoms with Gasteiger partial charge >= 0.3 is 0 Å². The molecule has 2 aromatic heterocycles. The largest absolute Gasteiger partial charge is 0.324 e. The van der Waals surface area contributed by atoms with Crippen molar-refractivity contribution in [3.8, 4) is 0 Å². The van der Waals surface area contributed by atoms with Crippen LogP contribution in [0.5, 0.6) is 0 Å². The van der Waals surface area contributed by atoms with Gasteiger partial charge in [-0.15, -0.1) is 11.3 Å². The Morgan fingerprint density at radius 3 is 2.90 bits per heavy atom. The van der Waals surface area contributed by atoms with E-state index < -0.39 is 0 Å². The summed E-state index contributed by atoms with van der Waals surface area (Å²) in [6, 6.07) is 3.34. The number of amides is 1. The maximum Gasteiger partial charge on any atom is 0.255 e. The zero-order chi connectivity index (χ0) is 21.4. The molecule has 3 heterocycles. The standard InChI is InChI=1S/C23H23ClN2O3S/c1-13-3-7-19(20(28)9-13)26-11-17-18(23(26)29)12-30-21(17)8-6-16(27)10-15-5-4-14(2)22(24)25-15/h4-5,12,19H,1,3,6-11H2,2H3. The summed E-state index contributed by atoms with van der Waals surface area (Å²) in [5.41, 5.74) is 4.17. The van der Waals surface area contributed by atoms with Gasteiger partial charge in [-0.05, 0) is 43.4 Å². The van der Waals surface area contributed by atoms with E-state index in [1.165, 1.54) is 11.3 Å². The van der Waals surface area contributed by atoms with Gasteiger partial charge in [0.05, 0.1) is 11.6 Å². The molecule has 2 aliphatic rings. The van der Waals surface area contributed by atoms with Gasteiger partial charge in [0, 0.05) is 41.8 Å². The van der Waals surface area contributed by atoms with E-state index in [1.807, 2.05) is 24.4 Å². The lowest BCUT2D eigenvalue weighted by molar-refractivity contribution is -0.124. The third kappa shape index (κ3) is 4.12. The number of hydrogen-bond acceptors (Lipinski definition) is 5. The van der Waals surface area contributed by atoms with Crippen molar-refractivity contribution in [3.63, 3.8) is 0 Å². The number of aryl methyl sites for hydroxylation is 2. The van der Waals surface area contributed by atoms with Crippen LogP contribution in [0.4, 0.5) is 0 Å². The summed E-state index contributed by atoms with van der Waals surface area (Å²) in [6.07, 6.45) is 3.02. The fraction of sp³-hybridized carbons (Fsp3) is 0.391. The maximum atomic E-state index is 12.8. The van der Waals surface area contributed by atoms with Gasteiger partial charge in [0.2, 0.25) is 0 Å². The summed E-state index contributed by atoms with van der Waals surface area (Å²) in [5.74, 6) is 0.101. The molecule has 1 unspecified atom stereocenters. The highest BCUT2D eigenvalue weighted by molar-refractivity contribution is 7.10. The van der Waals surface area contributed by atoms with Crippen molar-refractivity contribution in [1.29, 1.82) is 0 Å². The van der Waals surface area contributed by atoms with Gasteiger partial charge in [-0.3, -0.25) is 14.4 Å². The molecule has 2 aromatic rings. The van der Waals surface area contributed by atoms with Gasteiger partial charge < -0.3 is 4.90 Å². The number of halogens is 1. The van der Waals surface area contributed by atoms with Crippen molar-refractivity contribution >= 4 is 40.4 Å². The molecule has 5 nitrogen and oxygen atoms in total. The molecule has 1 aliphatic carbocycles. The Kier molecular flexibility index (Phi) is 5.89. The van der Waals surface area contributed by atoms with Crippen LogP contribution in [0.3, 0.4) is 0 Å². The topological polar surface area (TPSA) is 67.3 Å². The lowest BCUT2D eigenvalue weighted by Gasteiger charge is -2.30. The molecule has 0 radical (unpaired) electrons. The first-order chi connectivity index (χ1) is 14.3. The molecular formula is C23H23ClN2O3S. The molecule has 1 fully saturated rings. The summed E-state index contributed by atoms with van der Waals surface area (Å²) in [4.78, 5) is 44.7. The van der Waals surface area contributed by atoms with Crippen molar-refractivity contribution in [1.82, 2.24) is 9.88 Å². The van der Waals surface area contributed by atoms with E-state index in [0.717, 1.165) is 28.0 Å². The fourth-order valence-electron chi connectivity index (χ4n) is 4.10. The Morgan fingerprint density at radius 2 is 2.17 bits per heavy atom. The van der Waals surface area contributed by atoms with Gasteiger partial charge in [-0.1, -0.05) is 29.8 Å². The predicted molar refractivity (Wildman–Crippen MR) is 117 cm³/mol. The van der Waals surface area contributed by atoms with Crippen LogP contribution in [0.1, 0.15) is 57.7 Å². The van der Waals surface area contributed by atoms with Gasteiger partial charge in [-0.2, -0.15) is 0 Å². The fourth-order valence-corrected chi connectivity index (χ4v) is 5.31. The van der Waals surface area contributed by atoms with Crippen LogP contribution >= 0.6 is 22.9 Å². The molecule has 1 saturated carbocycles. The lowest BCUT2D eigenvalue weighted by Crippen LogP contribution is -2.43. The lowest BCUT2D eigenvalue weighted by atomic mass is 9.89. The zero-order valence-electron chi connectivity index (χ0n) is 16.9. The second kappa shape index (κ2) is 8.44. The first-order valence-corrected chi connectivity index (χ1v) is 11.3. The Hall–Kier alpha value is -2.31. The average molecular weight is 443 g/mol. The van der Waals surface area contributed by atoms with E-state index in [1.54, 1.807) is 4.90 Å². The minimum atomic E-state index is -0.354. The van der Waals surface area contributed by atoms with Gasteiger partial charge in [-0.25, -0.2) is 4.98 Å². The predicted octanol–water partition coefficient (Wildman–Crippen LogP) is 4.48. The summed E-state index contributed by atoms with van der Waals surface area (Å²) in [5, 5.41) is 2.29. The van der Waals surface area contributed by atoms with E-state index >= 15 is 0 Å². The van der Waals surface area contributed by atoms with Crippen LogP contribution < -0.4 is 0 Å². The molecule has 0 spiro atoms. The molecule has 0 saturated heterocycles. The van der Waals surface area contributed by atoms with E-state index in [4.69, 9.17) is 11.6 Å². The van der Waals surface area contributed by atoms with Crippen LogP contribution in [0.25, 0.3) is 0 Å². The Morgan fingerprint density at radius 1 is 1.37 bits per heavy atom. The summed E-state index contributed by atoms with van der Waals surface area (Å²) >= 11 is 7.57. The second-order valence-electron chi connectivity index (χ2n) is 8.06. The van der Waals surface area contributed by atoms with Gasteiger partial charge in [0.15, 0.2) is 5.78 Å². The molecule has 0 aromatic carbocycles. The number of Topliss-reactive ketones (excluding diaryl/α,β-unsaturated/α-hetero) is 2. The number of fused-ring (bicyclic) bond motifs is 1. The van der Waals surface area contributed by atoms with E-state index in [0.29, 0.717) is 48.6 Å². The smallest absolute Gasteiger partial charge is 0.255 e. The normalized spacial score (nSPS) is 18.8. The molecule has 1 aliphatic heterocycles. The summed E-state index contributed by atoms with van der Waals surface area (Å²) in [7, 11) is 0. The van der Waals surface area contributed by atoms with Crippen LogP contribution in [0.15, 0.2) is 29.7 Å². The molecule has 1 atom stereocenters. The number of ketones is 2. The minimum Gasteiger partial charge on any atom is -0.324 e. The molecule has 1 amide bonds. The Bertz CT molecular complexity index is 1060. The van der Waals surface area contributed by atoms with Gasteiger partial charge in [0.1, 0.15) is 10.9 Å². The molecule has 0 bridgehead atoms. The number of thiophene rings is 1. The number of nitrogens with zero attached hydrogens (tertiary/aromatic N) is 2. The number of carbonyl (C=O) groups excluding carboxylic acids is 3. The number of carbonyl (C=O) groups is 3. The van der Waals surface area contributed by atoms with Crippen LogP contribution in [-0.4, -0.2) is 33.4 Å². The molecule has 0 N–H and O–H groups in total. The first-order valence-electron chi connectivity index (χ1n) is 10.1. The van der Waals surface area contributed by atoms with Crippen LogP contribution in [0, 0.1) is 6.92 Å².